The first kappa shape index (κ1) is 15.2. The predicted octanol–water partition coefficient (Wildman–Crippen LogP) is 5.58. The van der Waals surface area contributed by atoms with Gasteiger partial charge in [0.15, 0.2) is 0 Å². The molecule has 0 spiro atoms. The van der Waals surface area contributed by atoms with E-state index in [-0.39, 0.29) is 0 Å². The zero-order valence-electron chi connectivity index (χ0n) is 11.6. The molecule has 0 radical (unpaired) electrons. The zero-order chi connectivity index (χ0) is 13.2. The molecule has 2 aliphatic carbocycles. The minimum Gasteiger partial charge on any atom is -0.389 e. The van der Waals surface area contributed by atoms with Crippen LogP contribution in [-0.4, -0.2) is 13.0 Å². The molecular formula is C14H26Cl2OSi. The number of hydrogen-bond acceptors (Lipinski definition) is 1. The van der Waals surface area contributed by atoms with Crippen molar-refractivity contribution in [2.75, 3.05) is 0 Å². The van der Waals surface area contributed by atoms with Gasteiger partial charge in [0.2, 0.25) is 0 Å². The van der Waals surface area contributed by atoms with Gasteiger partial charge < -0.3 is 4.43 Å². The Hall–Kier alpha value is 0.757. The molecular weight excluding hydrogens is 283 g/mol. The summed E-state index contributed by atoms with van der Waals surface area (Å²) in [6.45, 7) is 2.11. The van der Waals surface area contributed by atoms with Crippen molar-refractivity contribution in [3.05, 3.63) is 0 Å². The SMILES string of the molecule is CC1CCCC(O[Si](Cl)(Cl)C2CCCC(C)C2)C1. The van der Waals surface area contributed by atoms with E-state index < -0.39 is 6.94 Å². The van der Waals surface area contributed by atoms with E-state index in [1.807, 2.05) is 0 Å². The topological polar surface area (TPSA) is 9.23 Å². The van der Waals surface area contributed by atoms with Gasteiger partial charge in [-0.15, -0.1) is 22.2 Å². The summed E-state index contributed by atoms with van der Waals surface area (Å²) < 4.78 is 6.21. The van der Waals surface area contributed by atoms with Crippen LogP contribution in [0.2, 0.25) is 5.54 Å². The third kappa shape index (κ3) is 4.13. The molecule has 0 aromatic rings. The first-order valence-electron chi connectivity index (χ1n) is 7.53. The van der Waals surface area contributed by atoms with Crippen molar-refractivity contribution in [2.45, 2.75) is 76.9 Å². The van der Waals surface area contributed by atoms with Crippen LogP contribution >= 0.6 is 22.2 Å². The molecule has 2 saturated carbocycles. The third-order valence-electron chi connectivity index (χ3n) is 4.62. The van der Waals surface area contributed by atoms with Gasteiger partial charge >= 0.3 is 6.94 Å². The lowest BCUT2D eigenvalue weighted by Gasteiger charge is -2.37. The molecule has 0 heterocycles. The van der Waals surface area contributed by atoms with E-state index in [1.54, 1.807) is 0 Å². The fraction of sp³-hybridized carbons (Fsp3) is 1.00. The maximum Gasteiger partial charge on any atom is 0.392 e. The Morgan fingerprint density at radius 2 is 1.50 bits per heavy atom. The van der Waals surface area contributed by atoms with E-state index in [2.05, 4.69) is 13.8 Å². The van der Waals surface area contributed by atoms with E-state index in [0.29, 0.717) is 11.6 Å². The summed E-state index contributed by atoms with van der Waals surface area (Å²) in [5.74, 6) is 1.54. The summed E-state index contributed by atoms with van der Waals surface area (Å²) >= 11 is 13.3. The molecule has 0 N–H and O–H groups in total. The van der Waals surface area contributed by atoms with Gasteiger partial charge in [-0.2, -0.15) is 0 Å². The van der Waals surface area contributed by atoms with Gasteiger partial charge in [-0.05, 0) is 37.5 Å². The highest BCUT2D eigenvalue weighted by atomic mass is 35.7. The van der Waals surface area contributed by atoms with E-state index in [0.717, 1.165) is 24.7 Å². The van der Waals surface area contributed by atoms with Gasteiger partial charge in [0.1, 0.15) is 0 Å². The highest BCUT2D eigenvalue weighted by Crippen LogP contribution is 2.45. The van der Waals surface area contributed by atoms with Gasteiger partial charge in [-0.1, -0.05) is 39.5 Å². The Morgan fingerprint density at radius 3 is 2.11 bits per heavy atom. The van der Waals surface area contributed by atoms with Crippen molar-refractivity contribution >= 4 is 29.1 Å². The second kappa shape index (κ2) is 6.47. The van der Waals surface area contributed by atoms with E-state index >= 15 is 0 Å². The fourth-order valence-electron chi connectivity index (χ4n) is 3.54. The van der Waals surface area contributed by atoms with Crippen molar-refractivity contribution in [2.24, 2.45) is 11.8 Å². The number of rotatable bonds is 3. The third-order valence-corrected chi connectivity index (χ3v) is 9.13. The smallest absolute Gasteiger partial charge is 0.389 e. The molecule has 2 fully saturated rings. The van der Waals surface area contributed by atoms with Crippen LogP contribution < -0.4 is 0 Å². The van der Waals surface area contributed by atoms with Crippen LogP contribution in [-0.2, 0) is 4.43 Å². The molecule has 0 aromatic carbocycles. The minimum absolute atomic E-state index is 0.327. The predicted molar refractivity (Wildman–Crippen MR) is 81.3 cm³/mol. The molecule has 0 aliphatic heterocycles. The zero-order valence-corrected chi connectivity index (χ0v) is 14.1. The fourth-order valence-corrected chi connectivity index (χ4v) is 7.56. The Labute approximate surface area is 122 Å². The maximum absolute atomic E-state index is 6.64. The van der Waals surface area contributed by atoms with Crippen molar-refractivity contribution in [1.29, 1.82) is 0 Å². The Bertz CT molecular complexity index is 273. The highest BCUT2D eigenvalue weighted by Gasteiger charge is 2.44. The van der Waals surface area contributed by atoms with E-state index in [9.17, 15) is 0 Å². The minimum atomic E-state index is -2.52. The van der Waals surface area contributed by atoms with Gasteiger partial charge in [-0.25, -0.2) is 0 Å². The van der Waals surface area contributed by atoms with Gasteiger partial charge in [0, 0.05) is 11.6 Å². The van der Waals surface area contributed by atoms with E-state index in [1.165, 1.54) is 38.5 Å². The van der Waals surface area contributed by atoms with Crippen LogP contribution in [0.3, 0.4) is 0 Å². The maximum atomic E-state index is 6.64. The average molecular weight is 309 g/mol. The summed E-state index contributed by atoms with van der Waals surface area (Å²) in [6.07, 6.45) is 10.2. The summed E-state index contributed by atoms with van der Waals surface area (Å²) in [5, 5.41) is 0. The molecule has 4 heteroatoms. The molecule has 1 nitrogen and oxygen atoms in total. The first-order chi connectivity index (χ1) is 8.47. The van der Waals surface area contributed by atoms with Gasteiger partial charge in [0.05, 0.1) is 0 Å². The largest absolute Gasteiger partial charge is 0.392 e. The Kier molecular flexibility index (Phi) is 5.45. The average Bonchev–Trinajstić information content (AvgIpc) is 2.28. The van der Waals surface area contributed by atoms with E-state index in [4.69, 9.17) is 26.6 Å². The van der Waals surface area contributed by atoms with Crippen LogP contribution in [0.1, 0.15) is 65.2 Å². The van der Waals surface area contributed by atoms with Gasteiger partial charge in [0.25, 0.3) is 0 Å². The molecule has 0 saturated heterocycles. The van der Waals surface area contributed by atoms with Crippen molar-refractivity contribution in [3.8, 4) is 0 Å². The lowest BCUT2D eigenvalue weighted by atomic mass is 9.89. The Balaban J connectivity index is 1.89. The molecule has 2 aliphatic rings. The molecule has 4 unspecified atom stereocenters. The molecule has 0 bridgehead atoms. The van der Waals surface area contributed by atoms with Crippen molar-refractivity contribution < 1.29 is 4.43 Å². The van der Waals surface area contributed by atoms with Crippen LogP contribution in [0.5, 0.6) is 0 Å². The number of hydrogen-bond donors (Lipinski definition) is 0. The monoisotopic (exact) mass is 308 g/mol. The highest BCUT2D eigenvalue weighted by molar-refractivity contribution is 7.43. The van der Waals surface area contributed by atoms with Crippen LogP contribution in [0.25, 0.3) is 0 Å². The Morgan fingerprint density at radius 1 is 0.889 bits per heavy atom. The lowest BCUT2D eigenvalue weighted by molar-refractivity contribution is 0.124. The van der Waals surface area contributed by atoms with Crippen LogP contribution in [0.4, 0.5) is 0 Å². The van der Waals surface area contributed by atoms with Gasteiger partial charge in [-0.3, -0.25) is 0 Å². The lowest BCUT2D eigenvalue weighted by Crippen LogP contribution is -2.39. The first-order valence-corrected chi connectivity index (χ1v) is 11.5. The standard InChI is InChI=1S/C14H26Cl2OSi/c1-11-5-3-7-13(9-11)17-18(15,16)14-8-4-6-12(2)10-14/h11-14H,3-10H2,1-2H3. The van der Waals surface area contributed by atoms with Crippen LogP contribution in [0.15, 0.2) is 0 Å². The molecule has 4 atom stereocenters. The molecule has 18 heavy (non-hydrogen) atoms. The second-order valence-corrected chi connectivity index (χ2v) is 12.7. The molecule has 2 rings (SSSR count). The summed E-state index contributed by atoms with van der Waals surface area (Å²) in [5.41, 5.74) is 0.446. The normalized spacial score (nSPS) is 38.7. The summed E-state index contributed by atoms with van der Waals surface area (Å²) in [6, 6.07) is 0. The number of halogens is 2. The molecule has 0 amide bonds. The molecule has 0 aromatic heterocycles. The molecule has 106 valence electrons. The quantitative estimate of drug-likeness (QED) is 0.488. The summed E-state index contributed by atoms with van der Waals surface area (Å²) in [4.78, 5) is 0. The van der Waals surface area contributed by atoms with Crippen molar-refractivity contribution in [3.63, 3.8) is 0 Å². The summed E-state index contributed by atoms with van der Waals surface area (Å²) in [7, 11) is 0. The second-order valence-electron chi connectivity index (χ2n) is 6.54. The van der Waals surface area contributed by atoms with Crippen LogP contribution in [0, 0.1) is 11.8 Å². The van der Waals surface area contributed by atoms with Crippen molar-refractivity contribution in [1.82, 2.24) is 0 Å².